The molecule has 0 saturated heterocycles. The summed E-state index contributed by atoms with van der Waals surface area (Å²) in [4.78, 5) is 4.43. The van der Waals surface area contributed by atoms with Crippen molar-refractivity contribution in [2.75, 3.05) is 7.11 Å². The van der Waals surface area contributed by atoms with Gasteiger partial charge in [0.2, 0.25) is 0 Å². The molecule has 1 aliphatic rings. The summed E-state index contributed by atoms with van der Waals surface area (Å²) in [6, 6.07) is 6.63. The van der Waals surface area contributed by atoms with Gasteiger partial charge in [0.25, 0.3) is 0 Å². The van der Waals surface area contributed by atoms with Gasteiger partial charge < -0.3 is 15.8 Å². The second kappa shape index (κ2) is 7.17. The van der Waals surface area contributed by atoms with Crippen LogP contribution in [0.15, 0.2) is 23.2 Å². The lowest BCUT2D eigenvalue weighted by Gasteiger charge is -2.23. The zero-order valence-corrected chi connectivity index (χ0v) is 12.5. The highest BCUT2D eigenvalue weighted by Gasteiger charge is 2.13. The van der Waals surface area contributed by atoms with Crippen molar-refractivity contribution in [3.8, 4) is 5.75 Å². The first kappa shape index (κ1) is 14.7. The molecule has 0 radical (unpaired) electrons. The number of hydrogen-bond acceptors (Lipinski definition) is 2. The number of nitrogens with zero attached hydrogens (tertiary/aromatic N) is 1. The lowest BCUT2D eigenvalue weighted by molar-refractivity contribution is 0.412. The lowest BCUT2D eigenvalue weighted by Crippen LogP contribution is -2.41. The quantitative estimate of drug-likeness (QED) is 0.656. The van der Waals surface area contributed by atoms with Gasteiger partial charge in [-0.05, 0) is 43.0 Å². The van der Waals surface area contributed by atoms with Gasteiger partial charge in [-0.1, -0.05) is 25.3 Å². The molecule has 3 N–H and O–H groups in total. The lowest BCUT2D eigenvalue weighted by atomic mass is 9.96. The van der Waals surface area contributed by atoms with Gasteiger partial charge in [0.05, 0.1) is 13.7 Å². The van der Waals surface area contributed by atoms with Crippen molar-refractivity contribution in [3.05, 3.63) is 29.3 Å². The highest BCUT2D eigenvalue weighted by Crippen LogP contribution is 2.18. The molecule has 110 valence electrons. The summed E-state index contributed by atoms with van der Waals surface area (Å²) in [6.07, 6.45) is 6.33. The summed E-state index contributed by atoms with van der Waals surface area (Å²) < 4.78 is 5.27. The molecule has 0 amide bonds. The third-order valence-corrected chi connectivity index (χ3v) is 3.74. The first-order chi connectivity index (χ1) is 9.67. The van der Waals surface area contributed by atoms with Crippen LogP contribution in [0.4, 0.5) is 0 Å². The van der Waals surface area contributed by atoms with Gasteiger partial charge in [-0.25, -0.2) is 4.99 Å². The number of hydrogen-bond donors (Lipinski definition) is 2. The molecule has 4 nitrogen and oxygen atoms in total. The smallest absolute Gasteiger partial charge is 0.189 e. The zero-order chi connectivity index (χ0) is 14.4. The molecule has 1 aromatic carbocycles. The monoisotopic (exact) mass is 275 g/mol. The average molecular weight is 275 g/mol. The van der Waals surface area contributed by atoms with Crippen LogP contribution >= 0.6 is 0 Å². The van der Waals surface area contributed by atoms with E-state index in [4.69, 9.17) is 10.5 Å². The standard InChI is InChI=1S/C16H25N3O/c1-12-8-13(10-15(9-12)20-2)11-18-16(17)19-14-6-4-3-5-7-14/h8-10,14H,3-7,11H2,1-2H3,(H3,17,18,19). The molecule has 1 aliphatic carbocycles. The molecule has 0 aromatic heterocycles. The van der Waals surface area contributed by atoms with E-state index in [0.717, 1.165) is 11.3 Å². The second-order valence-corrected chi connectivity index (χ2v) is 5.54. The molecular weight excluding hydrogens is 250 g/mol. The Morgan fingerprint density at radius 1 is 1.30 bits per heavy atom. The second-order valence-electron chi connectivity index (χ2n) is 5.54. The van der Waals surface area contributed by atoms with E-state index in [1.54, 1.807) is 7.11 Å². The maximum atomic E-state index is 5.97. The first-order valence-electron chi connectivity index (χ1n) is 7.38. The van der Waals surface area contributed by atoms with Crippen LogP contribution in [-0.4, -0.2) is 19.1 Å². The molecule has 1 aromatic rings. The Labute approximate surface area is 121 Å². The number of aliphatic imine (C=N–C) groups is 1. The van der Waals surface area contributed by atoms with Crippen LogP contribution in [0.5, 0.6) is 5.75 Å². The Kier molecular flexibility index (Phi) is 5.27. The first-order valence-corrected chi connectivity index (χ1v) is 7.38. The normalized spacial score (nSPS) is 17.0. The predicted molar refractivity (Wildman–Crippen MR) is 83.1 cm³/mol. The van der Waals surface area contributed by atoms with Crippen molar-refractivity contribution < 1.29 is 4.74 Å². The molecule has 1 fully saturated rings. The number of nitrogens with one attached hydrogen (secondary N) is 1. The SMILES string of the molecule is COc1cc(C)cc(CN=C(N)NC2CCCCC2)c1. The van der Waals surface area contributed by atoms with Gasteiger partial charge in [-0.2, -0.15) is 0 Å². The fourth-order valence-corrected chi connectivity index (χ4v) is 2.71. The van der Waals surface area contributed by atoms with Crippen LogP contribution < -0.4 is 15.8 Å². The third kappa shape index (κ3) is 4.44. The minimum Gasteiger partial charge on any atom is -0.497 e. The number of aryl methyl sites for hydroxylation is 1. The number of benzene rings is 1. The van der Waals surface area contributed by atoms with E-state index in [1.807, 2.05) is 12.1 Å². The molecule has 20 heavy (non-hydrogen) atoms. The maximum Gasteiger partial charge on any atom is 0.189 e. The average Bonchev–Trinajstić information content (AvgIpc) is 2.45. The summed E-state index contributed by atoms with van der Waals surface area (Å²) in [5.74, 6) is 1.42. The maximum absolute atomic E-state index is 5.97. The molecule has 0 heterocycles. The Balaban J connectivity index is 1.92. The number of methoxy groups -OCH3 is 1. The minimum atomic E-state index is 0.500. The van der Waals surface area contributed by atoms with Gasteiger partial charge >= 0.3 is 0 Å². The number of ether oxygens (including phenoxy) is 1. The Bertz CT molecular complexity index is 465. The summed E-state index contributed by atoms with van der Waals surface area (Å²) in [5.41, 5.74) is 8.26. The summed E-state index contributed by atoms with van der Waals surface area (Å²) >= 11 is 0. The van der Waals surface area contributed by atoms with Crippen LogP contribution in [0.2, 0.25) is 0 Å². The third-order valence-electron chi connectivity index (χ3n) is 3.74. The molecular formula is C16H25N3O. The topological polar surface area (TPSA) is 59.6 Å². The minimum absolute atomic E-state index is 0.500. The molecule has 0 spiro atoms. The largest absolute Gasteiger partial charge is 0.497 e. The Morgan fingerprint density at radius 3 is 2.75 bits per heavy atom. The van der Waals surface area contributed by atoms with E-state index in [1.165, 1.54) is 37.7 Å². The number of guanidine groups is 1. The summed E-state index contributed by atoms with van der Waals surface area (Å²) in [6.45, 7) is 2.64. The molecule has 0 unspecified atom stereocenters. The fourth-order valence-electron chi connectivity index (χ4n) is 2.71. The van der Waals surface area contributed by atoms with E-state index < -0.39 is 0 Å². The Hall–Kier alpha value is -1.71. The summed E-state index contributed by atoms with van der Waals surface area (Å²) in [7, 11) is 1.68. The van der Waals surface area contributed by atoms with E-state index in [2.05, 4.69) is 23.3 Å². The van der Waals surface area contributed by atoms with Gasteiger partial charge in [-0.15, -0.1) is 0 Å². The molecule has 0 bridgehead atoms. The van der Waals surface area contributed by atoms with Crippen LogP contribution in [0.1, 0.15) is 43.2 Å². The highest BCUT2D eigenvalue weighted by molar-refractivity contribution is 5.78. The van der Waals surface area contributed by atoms with Crippen LogP contribution in [0, 0.1) is 6.92 Å². The number of rotatable bonds is 4. The molecule has 2 rings (SSSR count). The Morgan fingerprint density at radius 2 is 2.05 bits per heavy atom. The molecule has 1 saturated carbocycles. The van der Waals surface area contributed by atoms with Crippen molar-refractivity contribution in [2.45, 2.75) is 51.6 Å². The van der Waals surface area contributed by atoms with Crippen LogP contribution in [0.25, 0.3) is 0 Å². The van der Waals surface area contributed by atoms with Crippen molar-refractivity contribution in [2.24, 2.45) is 10.7 Å². The van der Waals surface area contributed by atoms with Gasteiger partial charge in [0.1, 0.15) is 5.75 Å². The molecule has 0 aliphatic heterocycles. The van der Waals surface area contributed by atoms with Gasteiger partial charge in [-0.3, -0.25) is 0 Å². The molecule has 4 heteroatoms. The van der Waals surface area contributed by atoms with Gasteiger partial charge in [0, 0.05) is 6.04 Å². The van der Waals surface area contributed by atoms with E-state index in [9.17, 15) is 0 Å². The summed E-state index contributed by atoms with van der Waals surface area (Å²) in [5, 5.41) is 3.33. The zero-order valence-electron chi connectivity index (χ0n) is 12.5. The van der Waals surface area contributed by atoms with Crippen LogP contribution in [-0.2, 0) is 6.54 Å². The number of nitrogens with two attached hydrogens (primary N) is 1. The molecule has 0 atom stereocenters. The van der Waals surface area contributed by atoms with Crippen molar-refractivity contribution >= 4 is 5.96 Å². The van der Waals surface area contributed by atoms with Crippen molar-refractivity contribution in [3.63, 3.8) is 0 Å². The van der Waals surface area contributed by atoms with Gasteiger partial charge in [0.15, 0.2) is 5.96 Å². The fraction of sp³-hybridized carbons (Fsp3) is 0.562. The van der Waals surface area contributed by atoms with E-state index >= 15 is 0 Å². The van der Waals surface area contributed by atoms with Crippen molar-refractivity contribution in [1.82, 2.24) is 5.32 Å². The predicted octanol–water partition coefficient (Wildman–Crippen LogP) is 2.74. The van der Waals surface area contributed by atoms with E-state index in [0.29, 0.717) is 18.5 Å². The highest BCUT2D eigenvalue weighted by atomic mass is 16.5. The van der Waals surface area contributed by atoms with Crippen molar-refractivity contribution in [1.29, 1.82) is 0 Å². The van der Waals surface area contributed by atoms with E-state index in [-0.39, 0.29) is 0 Å². The van der Waals surface area contributed by atoms with Crippen LogP contribution in [0.3, 0.4) is 0 Å².